The molecule has 0 unspecified atom stereocenters. The summed E-state index contributed by atoms with van der Waals surface area (Å²) in [7, 11) is 3.30. The van der Waals surface area contributed by atoms with Crippen LogP contribution in [0.15, 0.2) is 0 Å². The molecule has 0 aromatic heterocycles. The number of hydrogen-bond donors (Lipinski definition) is 1. The highest BCUT2D eigenvalue weighted by Gasteiger charge is 2.32. The molecule has 2 aliphatic heterocycles. The first-order chi connectivity index (χ1) is 27.3. The highest BCUT2D eigenvalue weighted by atomic mass is 16.6. The third-order valence-electron chi connectivity index (χ3n) is 8.84. The Kier molecular flexibility index (Phi) is 42.4. The van der Waals surface area contributed by atoms with E-state index in [4.69, 9.17) is 52.1 Å². The second-order valence-corrected chi connectivity index (χ2v) is 15.0. The van der Waals surface area contributed by atoms with Gasteiger partial charge in [0.25, 0.3) is 0 Å². The maximum atomic E-state index is 12.0. The van der Waals surface area contributed by atoms with E-state index in [1.54, 1.807) is 14.2 Å². The summed E-state index contributed by atoms with van der Waals surface area (Å²) < 4.78 is 57.3. The molecular weight excluding hydrogens is 740 g/mol. The molecule has 2 fully saturated rings. The maximum absolute atomic E-state index is 12.0. The van der Waals surface area contributed by atoms with Crippen molar-refractivity contribution < 1.29 is 62.0 Å². The smallest absolute Gasteiger partial charge is 0.228 e. The molecule has 0 aromatic rings. The molecule has 2 aliphatic rings. The van der Waals surface area contributed by atoms with Gasteiger partial charge in [-0.25, -0.2) is 0 Å². The van der Waals surface area contributed by atoms with Gasteiger partial charge in [0.15, 0.2) is 0 Å². The normalized spacial score (nSPS) is 17.5. The molecule has 2 saturated heterocycles. The van der Waals surface area contributed by atoms with Gasteiger partial charge in [0.2, 0.25) is 5.91 Å². The van der Waals surface area contributed by atoms with Crippen molar-refractivity contribution in [3.8, 4) is 0 Å². The first-order valence-electron chi connectivity index (χ1n) is 21.3. The fourth-order valence-electron chi connectivity index (χ4n) is 5.58. The lowest BCUT2D eigenvalue weighted by Crippen LogP contribution is -2.45. The molecule has 344 valence electrons. The van der Waals surface area contributed by atoms with Crippen molar-refractivity contribution in [2.45, 2.75) is 106 Å². The molecule has 0 spiro atoms. The van der Waals surface area contributed by atoms with Gasteiger partial charge in [0.05, 0.1) is 138 Å². The van der Waals surface area contributed by atoms with Gasteiger partial charge in [-0.2, -0.15) is 0 Å². The van der Waals surface area contributed by atoms with Crippen LogP contribution >= 0.6 is 0 Å². The van der Waals surface area contributed by atoms with Crippen LogP contribution in [0.2, 0.25) is 0 Å². The van der Waals surface area contributed by atoms with E-state index < -0.39 is 0 Å². The van der Waals surface area contributed by atoms with Crippen molar-refractivity contribution >= 4 is 5.91 Å². The van der Waals surface area contributed by atoms with E-state index in [0.717, 1.165) is 19.3 Å². The van der Waals surface area contributed by atoms with Gasteiger partial charge >= 0.3 is 0 Å². The van der Waals surface area contributed by atoms with Crippen molar-refractivity contribution in [2.24, 2.45) is 5.41 Å². The number of hydrogen-bond acceptors (Lipinski definition) is 14. The molecule has 0 aromatic carbocycles. The van der Waals surface area contributed by atoms with E-state index >= 15 is 0 Å². The Hall–Kier alpha value is -1.05. The Labute approximate surface area is 347 Å². The average Bonchev–Trinajstić information content (AvgIpc) is 3.17. The summed E-state index contributed by atoms with van der Waals surface area (Å²) >= 11 is 0. The number of amides is 1. The average molecular weight is 829 g/mol. The number of carbonyl (C=O) groups is 1. The second-order valence-electron chi connectivity index (χ2n) is 15.0. The SMILES string of the molecule is C1COCCOCCOCCOCCOCCO1.CC(C)N(C(C)C)C(C)C.CCC(C)(C)C(=O)N1CCC(O)CC1.COCCOCCOCCOCCOC. The Balaban J connectivity index is 0. The highest BCUT2D eigenvalue weighted by molar-refractivity contribution is 5.82. The van der Waals surface area contributed by atoms with Crippen LogP contribution in [0.5, 0.6) is 0 Å². The van der Waals surface area contributed by atoms with Crippen LogP contribution in [0.4, 0.5) is 0 Å². The van der Waals surface area contributed by atoms with Gasteiger partial charge < -0.3 is 62.1 Å². The molecule has 1 N–H and O–H groups in total. The van der Waals surface area contributed by atoms with Crippen LogP contribution in [-0.2, 0) is 56.9 Å². The van der Waals surface area contributed by atoms with Gasteiger partial charge in [-0.15, -0.1) is 0 Å². The molecule has 1 amide bonds. The van der Waals surface area contributed by atoms with E-state index in [0.29, 0.717) is 163 Å². The summed E-state index contributed by atoms with van der Waals surface area (Å²) in [4.78, 5) is 16.4. The van der Waals surface area contributed by atoms with Crippen LogP contribution < -0.4 is 0 Å². The topological polar surface area (TPSA) is 145 Å². The first kappa shape index (κ1) is 58.0. The zero-order valence-corrected chi connectivity index (χ0v) is 38.2. The molecule has 0 radical (unpaired) electrons. The Morgan fingerprint density at radius 3 is 1.05 bits per heavy atom. The number of aliphatic hydroxyl groups excluding tert-OH is 1. The minimum atomic E-state index is -0.248. The largest absolute Gasteiger partial charge is 0.393 e. The van der Waals surface area contributed by atoms with Gasteiger partial charge in [0, 0.05) is 50.8 Å². The Bertz CT molecular complexity index is 726. The fraction of sp³-hybridized carbons (Fsp3) is 0.976. The van der Waals surface area contributed by atoms with Crippen molar-refractivity contribution in [2.75, 3.05) is 159 Å². The summed E-state index contributed by atoms with van der Waals surface area (Å²) in [6.07, 6.45) is 2.12. The van der Waals surface area contributed by atoms with E-state index in [9.17, 15) is 9.90 Å². The van der Waals surface area contributed by atoms with Gasteiger partial charge in [0.1, 0.15) is 0 Å². The fourth-order valence-corrected chi connectivity index (χ4v) is 5.58. The first-order valence-corrected chi connectivity index (χ1v) is 21.3. The van der Waals surface area contributed by atoms with E-state index in [1.165, 1.54) is 0 Å². The Morgan fingerprint density at radius 1 is 0.579 bits per heavy atom. The monoisotopic (exact) mass is 829 g/mol. The summed E-state index contributed by atoms with van der Waals surface area (Å²) in [6, 6.07) is 2.00. The number of carbonyl (C=O) groups excluding carboxylic acids is 1. The van der Waals surface area contributed by atoms with E-state index in [-0.39, 0.29) is 17.4 Å². The zero-order valence-electron chi connectivity index (χ0n) is 38.2. The number of likely N-dealkylation sites (tertiary alicyclic amines) is 1. The van der Waals surface area contributed by atoms with Crippen LogP contribution in [0, 0.1) is 5.41 Å². The third kappa shape index (κ3) is 37.7. The van der Waals surface area contributed by atoms with Gasteiger partial charge in [-0.05, 0) is 60.8 Å². The number of rotatable bonds is 17. The molecule has 0 atom stereocenters. The number of nitrogens with zero attached hydrogens (tertiary/aromatic N) is 2. The molecular formula is C42H88N2O13. The summed E-state index contributed by atoms with van der Waals surface area (Å²) in [5.41, 5.74) is -0.248. The quantitative estimate of drug-likeness (QED) is 0.208. The third-order valence-corrected chi connectivity index (χ3v) is 8.84. The second kappa shape index (κ2) is 41.7. The van der Waals surface area contributed by atoms with E-state index in [2.05, 4.69) is 46.4 Å². The molecule has 0 saturated carbocycles. The van der Waals surface area contributed by atoms with Crippen LogP contribution in [0.3, 0.4) is 0 Å². The lowest BCUT2D eigenvalue weighted by Gasteiger charge is -2.35. The number of aliphatic hydroxyl groups is 1. The molecule has 0 bridgehead atoms. The van der Waals surface area contributed by atoms with Crippen molar-refractivity contribution in [1.29, 1.82) is 0 Å². The molecule has 15 nitrogen and oxygen atoms in total. The van der Waals surface area contributed by atoms with Gasteiger partial charge in [-0.3, -0.25) is 9.69 Å². The highest BCUT2D eigenvalue weighted by Crippen LogP contribution is 2.25. The van der Waals surface area contributed by atoms with E-state index in [1.807, 2.05) is 25.7 Å². The summed E-state index contributed by atoms with van der Waals surface area (Å²) in [6.45, 7) is 32.8. The van der Waals surface area contributed by atoms with Crippen molar-refractivity contribution in [3.05, 3.63) is 0 Å². The minimum Gasteiger partial charge on any atom is -0.393 e. The van der Waals surface area contributed by atoms with Crippen LogP contribution in [0.1, 0.15) is 81.6 Å². The van der Waals surface area contributed by atoms with Crippen LogP contribution in [0.25, 0.3) is 0 Å². The Morgan fingerprint density at radius 2 is 0.842 bits per heavy atom. The molecule has 0 aliphatic carbocycles. The molecule has 15 heteroatoms. The van der Waals surface area contributed by atoms with Gasteiger partial charge in [-0.1, -0.05) is 20.8 Å². The predicted octanol–water partition coefficient (Wildman–Crippen LogP) is 4.35. The lowest BCUT2D eigenvalue weighted by atomic mass is 9.88. The number of piperidine rings is 1. The van der Waals surface area contributed by atoms with Crippen molar-refractivity contribution in [3.63, 3.8) is 0 Å². The molecule has 2 rings (SSSR count). The minimum absolute atomic E-state index is 0.205. The predicted molar refractivity (Wildman–Crippen MR) is 224 cm³/mol. The van der Waals surface area contributed by atoms with Crippen LogP contribution in [-0.4, -0.2) is 204 Å². The maximum Gasteiger partial charge on any atom is 0.228 e. The number of ether oxygens (including phenoxy) is 11. The molecule has 2 heterocycles. The number of methoxy groups -OCH3 is 2. The zero-order chi connectivity index (χ0) is 43.0. The lowest BCUT2D eigenvalue weighted by molar-refractivity contribution is -0.142. The summed E-state index contributed by atoms with van der Waals surface area (Å²) in [5.74, 6) is 0.229. The molecule has 57 heavy (non-hydrogen) atoms. The standard InChI is InChI=1S/C12H24O6.C11H21NO2.C10H22O5.C9H21N/c1-2-14-5-6-16-9-10-18-12-11-17-8-7-15-4-3-13-1;1-4-11(2,3)10(14)12-7-5-9(13)6-8-12;1-11-3-5-13-7-9-15-10-8-14-6-4-12-2;1-7(2)10(8(3)4)9(5)6/h1-12H2;9,13H,4-8H2,1-3H3;3-10H2,1-2H3;7-9H,1-6H3. The van der Waals surface area contributed by atoms with Crippen molar-refractivity contribution in [1.82, 2.24) is 9.80 Å². The summed E-state index contributed by atoms with van der Waals surface area (Å²) in [5, 5.41) is 9.33.